The fourth-order valence-corrected chi connectivity index (χ4v) is 2.23. The monoisotopic (exact) mass is 304 g/mol. The van der Waals surface area contributed by atoms with Gasteiger partial charge in [-0.2, -0.15) is 0 Å². The highest BCUT2D eigenvalue weighted by molar-refractivity contribution is 5.76. The van der Waals surface area contributed by atoms with Gasteiger partial charge in [-0.25, -0.2) is 9.37 Å². The molecule has 0 saturated carbocycles. The van der Waals surface area contributed by atoms with Crippen LogP contribution in [0.3, 0.4) is 0 Å². The van der Waals surface area contributed by atoms with E-state index in [-0.39, 0.29) is 17.8 Å². The first-order valence-electron chi connectivity index (χ1n) is 7.25. The first-order chi connectivity index (χ1) is 10.5. The molecule has 22 heavy (non-hydrogen) atoms. The Morgan fingerprint density at radius 2 is 2.27 bits per heavy atom. The van der Waals surface area contributed by atoms with Crippen LogP contribution in [0.5, 0.6) is 0 Å². The number of hydrogen-bond donors (Lipinski definition) is 2. The molecule has 3 N–H and O–H groups in total. The van der Waals surface area contributed by atoms with Crippen molar-refractivity contribution in [3.63, 3.8) is 0 Å². The summed E-state index contributed by atoms with van der Waals surface area (Å²) in [7, 11) is 1.84. The summed E-state index contributed by atoms with van der Waals surface area (Å²) in [5.74, 6) is 0.177. The zero-order valence-corrected chi connectivity index (χ0v) is 12.8. The van der Waals surface area contributed by atoms with E-state index in [4.69, 9.17) is 5.73 Å². The van der Waals surface area contributed by atoms with E-state index in [1.165, 1.54) is 12.1 Å². The van der Waals surface area contributed by atoms with Gasteiger partial charge in [0.2, 0.25) is 5.91 Å². The number of hydrogen-bond acceptors (Lipinski definition) is 3. The Kier molecular flexibility index (Phi) is 5.27. The maximum Gasteiger partial charge on any atom is 0.220 e. The number of carbonyl (C=O) groups is 1. The number of aromatic nitrogens is 2. The van der Waals surface area contributed by atoms with Gasteiger partial charge in [0, 0.05) is 31.9 Å². The molecule has 5 nitrogen and oxygen atoms in total. The highest BCUT2D eigenvalue weighted by Crippen LogP contribution is 2.21. The summed E-state index contributed by atoms with van der Waals surface area (Å²) in [5.41, 5.74) is 6.33. The smallest absolute Gasteiger partial charge is 0.220 e. The molecular formula is C16H21FN4O. The van der Waals surface area contributed by atoms with E-state index >= 15 is 0 Å². The topological polar surface area (TPSA) is 72.9 Å². The minimum atomic E-state index is -0.490. The van der Waals surface area contributed by atoms with E-state index in [0.717, 1.165) is 0 Å². The Hall–Kier alpha value is -2.21. The Labute approximate surface area is 129 Å². The molecule has 0 aliphatic rings. The maximum absolute atomic E-state index is 13.5. The molecule has 1 aromatic heterocycles. The van der Waals surface area contributed by atoms with Crippen LogP contribution in [-0.4, -0.2) is 21.5 Å². The van der Waals surface area contributed by atoms with Crippen LogP contribution in [0.25, 0.3) is 0 Å². The summed E-state index contributed by atoms with van der Waals surface area (Å²) in [5, 5.41) is 2.91. The summed E-state index contributed by atoms with van der Waals surface area (Å²) in [6.45, 7) is 1.86. The van der Waals surface area contributed by atoms with Crippen molar-refractivity contribution in [1.82, 2.24) is 14.9 Å². The SMILES string of the molecule is CC(N)CCC(=O)NC(c1cccc(F)c1)c1nccn1C. The highest BCUT2D eigenvalue weighted by Gasteiger charge is 2.21. The molecule has 2 unspecified atom stereocenters. The Morgan fingerprint density at radius 1 is 1.50 bits per heavy atom. The zero-order chi connectivity index (χ0) is 16.1. The Balaban J connectivity index is 2.23. The number of halogens is 1. The van der Waals surface area contributed by atoms with Gasteiger partial charge in [0.05, 0.1) is 0 Å². The minimum Gasteiger partial charge on any atom is -0.342 e. The lowest BCUT2D eigenvalue weighted by atomic mass is 10.1. The van der Waals surface area contributed by atoms with Crippen molar-refractivity contribution in [2.75, 3.05) is 0 Å². The van der Waals surface area contributed by atoms with E-state index in [1.807, 2.05) is 14.0 Å². The largest absolute Gasteiger partial charge is 0.342 e. The van der Waals surface area contributed by atoms with Crippen molar-refractivity contribution in [2.24, 2.45) is 12.8 Å². The van der Waals surface area contributed by atoms with Gasteiger partial charge < -0.3 is 15.6 Å². The van der Waals surface area contributed by atoms with Gasteiger partial charge in [0.15, 0.2) is 0 Å². The molecule has 1 amide bonds. The number of amides is 1. The maximum atomic E-state index is 13.5. The first-order valence-corrected chi connectivity index (χ1v) is 7.25. The fourth-order valence-electron chi connectivity index (χ4n) is 2.23. The number of nitrogens with zero attached hydrogens (tertiary/aromatic N) is 2. The number of aryl methyl sites for hydroxylation is 1. The molecule has 2 aromatic rings. The molecule has 118 valence electrons. The lowest BCUT2D eigenvalue weighted by Crippen LogP contribution is -2.32. The summed E-state index contributed by atoms with van der Waals surface area (Å²) >= 11 is 0. The van der Waals surface area contributed by atoms with Crippen molar-refractivity contribution < 1.29 is 9.18 Å². The van der Waals surface area contributed by atoms with Crippen molar-refractivity contribution in [3.8, 4) is 0 Å². The molecule has 6 heteroatoms. The van der Waals surface area contributed by atoms with Crippen LogP contribution in [0, 0.1) is 5.82 Å². The summed E-state index contributed by atoms with van der Waals surface area (Å²) < 4.78 is 15.3. The molecule has 0 spiro atoms. The predicted molar refractivity (Wildman–Crippen MR) is 82.5 cm³/mol. The van der Waals surface area contributed by atoms with Crippen LogP contribution in [0.2, 0.25) is 0 Å². The number of nitrogens with one attached hydrogen (secondary N) is 1. The van der Waals surface area contributed by atoms with Gasteiger partial charge in [-0.3, -0.25) is 4.79 Å². The minimum absolute atomic E-state index is 0.0356. The average Bonchev–Trinajstić information content (AvgIpc) is 2.88. The molecule has 2 atom stereocenters. The van der Waals surface area contributed by atoms with Crippen LogP contribution in [-0.2, 0) is 11.8 Å². The van der Waals surface area contributed by atoms with Crippen molar-refractivity contribution in [2.45, 2.75) is 31.8 Å². The molecule has 0 aliphatic carbocycles. The van der Waals surface area contributed by atoms with Gasteiger partial charge in [-0.1, -0.05) is 12.1 Å². The summed E-state index contributed by atoms with van der Waals surface area (Å²) in [6.07, 6.45) is 4.36. The molecule has 0 saturated heterocycles. The number of nitrogens with two attached hydrogens (primary N) is 1. The standard InChI is InChI=1S/C16H21FN4O/c1-11(18)6-7-14(22)20-15(16-19-8-9-21(16)2)12-4-3-5-13(17)10-12/h3-5,8-11,15H,6-7,18H2,1-2H3,(H,20,22). The lowest BCUT2D eigenvalue weighted by Gasteiger charge is -2.19. The molecule has 1 heterocycles. The number of benzene rings is 1. The van der Waals surface area contributed by atoms with Gasteiger partial charge in [0.1, 0.15) is 17.7 Å². The van der Waals surface area contributed by atoms with Gasteiger partial charge in [0.25, 0.3) is 0 Å². The van der Waals surface area contributed by atoms with E-state index < -0.39 is 6.04 Å². The lowest BCUT2D eigenvalue weighted by molar-refractivity contribution is -0.121. The van der Waals surface area contributed by atoms with E-state index in [9.17, 15) is 9.18 Å². The number of rotatable bonds is 6. The van der Waals surface area contributed by atoms with Crippen molar-refractivity contribution >= 4 is 5.91 Å². The number of carbonyl (C=O) groups excluding carboxylic acids is 1. The fraction of sp³-hybridized carbons (Fsp3) is 0.375. The second-order valence-corrected chi connectivity index (χ2v) is 5.47. The molecule has 0 fully saturated rings. The van der Waals surface area contributed by atoms with E-state index in [2.05, 4.69) is 10.3 Å². The quantitative estimate of drug-likeness (QED) is 0.856. The van der Waals surface area contributed by atoms with Crippen LogP contribution >= 0.6 is 0 Å². The molecule has 2 rings (SSSR count). The third-order valence-electron chi connectivity index (χ3n) is 3.43. The van der Waals surface area contributed by atoms with Crippen LogP contribution < -0.4 is 11.1 Å². The second-order valence-electron chi connectivity index (χ2n) is 5.47. The van der Waals surface area contributed by atoms with Gasteiger partial charge >= 0.3 is 0 Å². The zero-order valence-electron chi connectivity index (χ0n) is 12.8. The van der Waals surface area contributed by atoms with Crippen LogP contribution in [0.15, 0.2) is 36.7 Å². The molecule has 0 radical (unpaired) electrons. The molecular weight excluding hydrogens is 283 g/mol. The third kappa shape index (κ3) is 4.14. The summed E-state index contributed by atoms with van der Waals surface area (Å²) in [4.78, 5) is 16.4. The highest BCUT2D eigenvalue weighted by atomic mass is 19.1. The normalized spacial score (nSPS) is 13.6. The average molecular weight is 304 g/mol. The van der Waals surface area contributed by atoms with Crippen molar-refractivity contribution in [1.29, 1.82) is 0 Å². The molecule has 1 aromatic carbocycles. The second kappa shape index (κ2) is 7.17. The molecule has 0 bridgehead atoms. The Bertz CT molecular complexity index is 639. The first kappa shape index (κ1) is 16.2. The van der Waals surface area contributed by atoms with Crippen LogP contribution in [0.4, 0.5) is 4.39 Å². The predicted octanol–water partition coefficient (Wildman–Crippen LogP) is 1.89. The van der Waals surface area contributed by atoms with Crippen LogP contribution in [0.1, 0.15) is 37.2 Å². The molecule has 0 aliphatic heterocycles. The third-order valence-corrected chi connectivity index (χ3v) is 3.43. The van der Waals surface area contributed by atoms with Gasteiger partial charge in [-0.05, 0) is 31.0 Å². The van der Waals surface area contributed by atoms with Gasteiger partial charge in [-0.15, -0.1) is 0 Å². The van der Waals surface area contributed by atoms with E-state index in [0.29, 0.717) is 24.2 Å². The number of imidazole rings is 1. The van der Waals surface area contributed by atoms with Crippen molar-refractivity contribution in [3.05, 3.63) is 53.9 Å². The van der Waals surface area contributed by atoms with E-state index in [1.54, 1.807) is 29.1 Å². The Morgan fingerprint density at radius 3 is 2.86 bits per heavy atom. The summed E-state index contributed by atoms with van der Waals surface area (Å²) in [6, 6.07) is 5.65.